The topological polar surface area (TPSA) is 78.3 Å². The summed E-state index contributed by atoms with van der Waals surface area (Å²) in [5, 5.41) is 10.7. The molecule has 2 aromatic rings. The zero-order valence-electron chi connectivity index (χ0n) is 16.4. The SMILES string of the molecule is CN(C)c1ccc(NC2CCCN(C(=O)NCc3ccnn3C)CC2)cn1. The zero-order valence-corrected chi connectivity index (χ0v) is 16.4. The number of urea groups is 1. The van der Waals surface area contributed by atoms with Gasteiger partial charge in [0.25, 0.3) is 0 Å². The van der Waals surface area contributed by atoms with E-state index in [1.54, 1.807) is 10.9 Å². The van der Waals surface area contributed by atoms with E-state index in [9.17, 15) is 4.79 Å². The fourth-order valence-corrected chi connectivity index (χ4v) is 3.27. The molecule has 8 nitrogen and oxygen atoms in total. The van der Waals surface area contributed by atoms with Gasteiger partial charge in [-0.2, -0.15) is 5.10 Å². The molecule has 1 fully saturated rings. The first-order valence-corrected chi connectivity index (χ1v) is 9.42. The number of pyridine rings is 1. The van der Waals surface area contributed by atoms with E-state index in [2.05, 4.69) is 26.8 Å². The van der Waals surface area contributed by atoms with Crippen molar-refractivity contribution in [2.75, 3.05) is 37.4 Å². The molecule has 3 rings (SSSR count). The smallest absolute Gasteiger partial charge is 0.317 e. The lowest BCUT2D eigenvalue weighted by Crippen LogP contribution is -2.40. The summed E-state index contributed by atoms with van der Waals surface area (Å²) in [4.78, 5) is 20.8. The van der Waals surface area contributed by atoms with Crippen molar-refractivity contribution in [3.8, 4) is 0 Å². The van der Waals surface area contributed by atoms with E-state index in [1.165, 1.54) is 0 Å². The molecule has 1 atom stereocenters. The summed E-state index contributed by atoms with van der Waals surface area (Å²) in [6, 6.07) is 6.34. The first-order chi connectivity index (χ1) is 13.0. The Morgan fingerprint density at radius 1 is 1.26 bits per heavy atom. The fraction of sp³-hybridized carbons (Fsp3) is 0.526. The minimum absolute atomic E-state index is 0.00569. The standard InChI is InChI=1S/C19H29N7O/c1-24(2)18-7-6-16(13-20-18)23-15-5-4-11-26(12-9-15)19(27)21-14-17-8-10-22-25(17)3/h6-8,10,13,15,23H,4-5,9,11-12,14H2,1-3H3,(H,21,27). The van der Waals surface area contributed by atoms with Gasteiger partial charge in [0, 0.05) is 46.5 Å². The molecule has 1 unspecified atom stereocenters. The molecular formula is C19H29N7O. The number of nitrogens with zero attached hydrogens (tertiary/aromatic N) is 5. The van der Waals surface area contributed by atoms with Crippen LogP contribution in [0.5, 0.6) is 0 Å². The van der Waals surface area contributed by atoms with Crippen molar-refractivity contribution < 1.29 is 4.79 Å². The molecule has 0 radical (unpaired) electrons. The monoisotopic (exact) mass is 371 g/mol. The maximum Gasteiger partial charge on any atom is 0.317 e. The Bertz CT molecular complexity index is 741. The summed E-state index contributed by atoms with van der Waals surface area (Å²) >= 11 is 0. The molecule has 2 aromatic heterocycles. The number of amides is 2. The maximum atomic E-state index is 12.5. The number of hydrogen-bond acceptors (Lipinski definition) is 5. The third-order valence-electron chi connectivity index (χ3n) is 4.94. The molecule has 0 saturated carbocycles. The van der Waals surface area contributed by atoms with E-state index in [0.717, 1.165) is 49.6 Å². The number of hydrogen-bond donors (Lipinski definition) is 2. The van der Waals surface area contributed by atoms with Crippen molar-refractivity contribution in [2.45, 2.75) is 31.8 Å². The Kier molecular flexibility index (Phi) is 6.16. The van der Waals surface area contributed by atoms with Gasteiger partial charge in [0.15, 0.2) is 0 Å². The first kappa shape index (κ1) is 19.0. The Balaban J connectivity index is 1.48. The number of carbonyl (C=O) groups excluding carboxylic acids is 1. The van der Waals surface area contributed by atoms with Crippen LogP contribution in [0.2, 0.25) is 0 Å². The van der Waals surface area contributed by atoms with Crippen LogP contribution in [0.25, 0.3) is 0 Å². The van der Waals surface area contributed by atoms with E-state index < -0.39 is 0 Å². The highest BCUT2D eigenvalue weighted by atomic mass is 16.2. The van der Waals surface area contributed by atoms with Gasteiger partial charge in [-0.05, 0) is 37.5 Å². The van der Waals surface area contributed by atoms with Crippen molar-refractivity contribution in [1.29, 1.82) is 0 Å². The lowest BCUT2D eigenvalue weighted by atomic mass is 10.1. The van der Waals surface area contributed by atoms with Crippen molar-refractivity contribution in [3.63, 3.8) is 0 Å². The van der Waals surface area contributed by atoms with Crippen LogP contribution in [-0.2, 0) is 13.6 Å². The lowest BCUT2D eigenvalue weighted by Gasteiger charge is -2.22. The molecule has 0 bridgehead atoms. The lowest BCUT2D eigenvalue weighted by molar-refractivity contribution is 0.199. The summed E-state index contributed by atoms with van der Waals surface area (Å²) in [6.45, 7) is 2.03. The molecule has 0 aromatic carbocycles. The van der Waals surface area contributed by atoms with Crippen LogP contribution in [-0.4, -0.2) is 58.9 Å². The number of carbonyl (C=O) groups is 1. The van der Waals surface area contributed by atoms with Gasteiger partial charge in [0.05, 0.1) is 24.1 Å². The van der Waals surface area contributed by atoms with Gasteiger partial charge in [0.1, 0.15) is 5.82 Å². The number of likely N-dealkylation sites (tertiary alicyclic amines) is 1. The minimum atomic E-state index is -0.00569. The second-order valence-corrected chi connectivity index (χ2v) is 7.16. The Hall–Kier alpha value is -2.77. The molecule has 1 aliphatic heterocycles. The zero-order chi connectivity index (χ0) is 19.2. The van der Waals surface area contributed by atoms with Crippen LogP contribution in [0.15, 0.2) is 30.6 Å². The Labute approximate surface area is 160 Å². The van der Waals surface area contributed by atoms with Gasteiger partial charge in [0.2, 0.25) is 0 Å². The summed E-state index contributed by atoms with van der Waals surface area (Å²) in [6.07, 6.45) is 6.57. The van der Waals surface area contributed by atoms with E-state index in [0.29, 0.717) is 12.6 Å². The summed E-state index contributed by atoms with van der Waals surface area (Å²) in [7, 11) is 5.84. The number of aromatic nitrogens is 3. The predicted octanol–water partition coefficient (Wildman–Crippen LogP) is 2.06. The van der Waals surface area contributed by atoms with E-state index in [1.807, 2.05) is 49.3 Å². The van der Waals surface area contributed by atoms with Crippen molar-refractivity contribution in [1.82, 2.24) is 25.0 Å². The minimum Gasteiger partial charge on any atom is -0.381 e. The highest BCUT2D eigenvalue weighted by Gasteiger charge is 2.20. The van der Waals surface area contributed by atoms with Gasteiger partial charge >= 0.3 is 6.03 Å². The van der Waals surface area contributed by atoms with E-state index in [-0.39, 0.29) is 6.03 Å². The van der Waals surface area contributed by atoms with Gasteiger partial charge in [-0.15, -0.1) is 0 Å². The van der Waals surface area contributed by atoms with Gasteiger partial charge in [-0.1, -0.05) is 0 Å². The van der Waals surface area contributed by atoms with Crippen LogP contribution < -0.4 is 15.5 Å². The average Bonchev–Trinajstić information content (AvgIpc) is 2.92. The number of anilines is 2. The van der Waals surface area contributed by atoms with E-state index >= 15 is 0 Å². The first-order valence-electron chi connectivity index (χ1n) is 9.42. The number of aryl methyl sites for hydroxylation is 1. The summed E-state index contributed by atoms with van der Waals surface area (Å²) < 4.78 is 1.78. The third-order valence-corrected chi connectivity index (χ3v) is 4.94. The second-order valence-electron chi connectivity index (χ2n) is 7.16. The molecule has 0 spiro atoms. The number of nitrogens with one attached hydrogen (secondary N) is 2. The van der Waals surface area contributed by atoms with Crippen LogP contribution in [0.1, 0.15) is 25.0 Å². The molecule has 1 saturated heterocycles. The fourth-order valence-electron chi connectivity index (χ4n) is 3.27. The Morgan fingerprint density at radius 2 is 2.11 bits per heavy atom. The highest BCUT2D eigenvalue weighted by Crippen LogP contribution is 2.18. The normalized spacial score (nSPS) is 17.3. The van der Waals surface area contributed by atoms with Crippen LogP contribution >= 0.6 is 0 Å². The molecular weight excluding hydrogens is 342 g/mol. The molecule has 146 valence electrons. The van der Waals surface area contributed by atoms with Crippen molar-refractivity contribution in [3.05, 3.63) is 36.3 Å². The largest absolute Gasteiger partial charge is 0.381 e. The third kappa shape index (κ3) is 5.12. The summed E-state index contributed by atoms with van der Waals surface area (Å²) in [5.41, 5.74) is 2.02. The molecule has 0 aliphatic carbocycles. The molecule has 8 heteroatoms. The van der Waals surface area contributed by atoms with Crippen LogP contribution in [0, 0.1) is 0 Å². The quantitative estimate of drug-likeness (QED) is 0.841. The Morgan fingerprint density at radius 3 is 2.78 bits per heavy atom. The average molecular weight is 371 g/mol. The van der Waals surface area contributed by atoms with Crippen LogP contribution in [0.4, 0.5) is 16.3 Å². The molecule has 2 amide bonds. The molecule has 2 N–H and O–H groups in total. The maximum absolute atomic E-state index is 12.5. The van der Waals surface area contributed by atoms with E-state index in [4.69, 9.17) is 0 Å². The molecule has 1 aliphatic rings. The van der Waals surface area contributed by atoms with Gasteiger partial charge < -0.3 is 20.4 Å². The van der Waals surface area contributed by atoms with Crippen molar-refractivity contribution in [2.24, 2.45) is 7.05 Å². The van der Waals surface area contributed by atoms with Gasteiger partial charge in [-0.3, -0.25) is 4.68 Å². The molecule has 3 heterocycles. The van der Waals surface area contributed by atoms with Crippen molar-refractivity contribution >= 4 is 17.5 Å². The highest BCUT2D eigenvalue weighted by molar-refractivity contribution is 5.74. The molecule has 27 heavy (non-hydrogen) atoms. The number of rotatable bonds is 5. The van der Waals surface area contributed by atoms with Gasteiger partial charge in [-0.25, -0.2) is 9.78 Å². The predicted molar refractivity (Wildman–Crippen MR) is 107 cm³/mol. The summed E-state index contributed by atoms with van der Waals surface area (Å²) in [5.74, 6) is 0.942. The van der Waals surface area contributed by atoms with Crippen LogP contribution in [0.3, 0.4) is 0 Å². The second kappa shape index (κ2) is 8.75.